The minimum atomic E-state index is 1.12. The Morgan fingerprint density at radius 3 is 2.67 bits per heavy atom. The molecule has 0 saturated heterocycles. The van der Waals surface area contributed by atoms with E-state index in [1.807, 2.05) is 0 Å². The SMILES string of the molecule is ICC1CC2CC1C1CCCC21. The molecule has 3 aliphatic rings. The van der Waals surface area contributed by atoms with Crippen molar-refractivity contribution in [2.75, 3.05) is 4.43 Å². The van der Waals surface area contributed by atoms with Crippen LogP contribution < -0.4 is 0 Å². The average molecular weight is 276 g/mol. The highest BCUT2D eigenvalue weighted by Gasteiger charge is 2.52. The highest BCUT2D eigenvalue weighted by Crippen LogP contribution is 2.61. The first kappa shape index (κ1) is 8.07. The first-order chi connectivity index (χ1) is 5.90. The largest absolute Gasteiger partial charge is 0.0861 e. The van der Waals surface area contributed by atoms with E-state index in [-0.39, 0.29) is 0 Å². The molecule has 0 radical (unpaired) electrons. The summed E-state index contributed by atoms with van der Waals surface area (Å²) in [5.41, 5.74) is 0. The minimum Gasteiger partial charge on any atom is -0.0861 e. The maximum absolute atomic E-state index is 2.60. The van der Waals surface area contributed by atoms with E-state index in [4.69, 9.17) is 0 Å². The molecule has 0 aromatic rings. The fraction of sp³-hybridized carbons (Fsp3) is 1.00. The lowest BCUT2D eigenvalue weighted by Gasteiger charge is -2.30. The van der Waals surface area contributed by atoms with Gasteiger partial charge in [-0.2, -0.15) is 0 Å². The molecule has 2 bridgehead atoms. The van der Waals surface area contributed by atoms with Crippen molar-refractivity contribution in [1.29, 1.82) is 0 Å². The average Bonchev–Trinajstić information content (AvgIpc) is 2.75. The number of halogens is 1. The zero-order valence-corrected chi connectivity index (χ0v) is 9.66. The third-order valence-electron chi connectivity index (χ3n) is 4.76. The van der Waals surface area contributed by atoms with Crippen LogP contribution in [0.2, 0.25) is 0 Å². The molecule has 0 nitrogen and oxygen atoms in total. The Balaban J connectivity index is 1.83. The van der Waals surface area contributed by atoms with Crippen molar-refractivity contribution < 1.29 is 0 Å². The van der Waals surface area contributed by atoms with Crippen LogP contribution in [-0.4, -0.2) is 4.43 Å². The number of fused-ring (bicyclic) bond motifs is 5. The minimum absolute atomic E-state index is 1.12. The van der Waals surface area contributed by atoms with Crippen LogP contribution in [0.15, 0.2) is 0 Å². The zero-order chi connectivity index (χ0) is 8.13. The van der Waals surface area contributed by atoms with E-state index >= 15 is 0 Å². The van der Waals surface area contributed by atoms with Crippen molar-refractivity contribution in [3.8, 4) is 0 Å². The van der Waals surface area contributed by atoms with Crippen LogP contribution in [-0.2, 0) is 0 Å². The van der Waals surface area contributed by atoms with Gasteiger partial charge >= 0.3 is 0 Å². The molecule has 0 heterocycles. The van der Waals surface area contributed by atoms with E-state index in [1.165, 1.54) is 28.1 Å². The molecule has 3 rings (SSSR count). The Kier molecular flexibility index (Phi) is 1.92. The second-order valence-electron chi connectivity index (χ2n) is 5.07. The Morgan fingerprint density at radius 1 is 1.00 bits per heavy atom. The van der Waals surface area contributed by atoms with Gasteiger partial charge in [-0.05, 0) is 55.3 Å². The molecule has 68 valence electrons. The highest BCUT2D eigenvalue weighted by atomic mass is 127. The molecular weight excluding hydrogens is 259 g/mol. The van der Waals surface area contributed by atoms with Crippen molar-refractivity contribution in [3.63, 3.8) is 0 Å². The molecule has 5 unspecified atom stereocenters. The van der Waals surface area contributed by atoms with Crippen molar-refractivity contribution >= 4 is 22.6 Å². The summed E-state index contributed by atoms with van der Waals surface area (Å²) >= 11 is 2.60. The van der Waals surface area contributed by atoms with Gasteiger partial charge in [0.05, 0.1) is 0 Å². The summed E-state index contributed by atoms with van der Waals surface area (Å²) in [6.07, 6.45) is 7.92. The number of rotatable bonds is 1. The summed E-state index contributed by atoms with van der Waals surface area (Å²) in [4.78, 5) is 0. The fourth-order valence-corrected chi connectivity index (χ4v) is 5.40. The number of hydrogen-bond acceptors (Lipinski definition) is 0. The first-order valence-electron chi connectivity index (χ1n) is 5.46. The molecule has 0 aromatic carbocycles. The van der Waals surface area contributed by atoms with Crippen LogP contribution >= 0.6 is 22.6 Å². The van der Waals surface area contributed by atoms with E-state index in [9.17, 15) is 0 Å². The van der Waals surface area contributed by atoms with Crippen molar-refractivity contribution in [2.24, 2.45) is 29.6 Å². The molecule has 12 heavy (non-hydrogen) atoms. The second kappa shape index (κ2) is 2.86. The Labute approximate surface area is 88.6 Å². The van der Waals surface area contributed by atoms with Crippen molar-refractivity contribution in [1.82, 2.24) is 0 Å². The van der Waals surface area contributed by atoms with Gasteiger partial charge in [0.15, 0.2) is 0 Å². The highest BCUT2D eigenvalue weighted by molar-refractivity contribution is 14.1. The molecule has 3 saturated carbocycles. The van der Waals surface area contributed by atoms with E-state index in [1.54, 1.807) is 32.1 Å². The molecule has 0 aromatic heterocycles. The number of hydrogen-bond donors (Lipinski definition) is 0. The number of alkyl halides is 1. The molecule has 0 aliphatic heterocycles. The van der Waals surface area contributed by atoms with Crippen molar-refractivity contribution in [2.45, 2.75) is 32.1 Å². The lowest BCUT2D eigenvalue weighted by Crippen LogP contribution is -2.24. The molecule has 0 N–H and O–H groups in total. The lowest BCUT2D eigenvalue weighted by molar-refractivity contribution is 0.206. The molecule has 3 fully saturated rings. The summed E-state index contributed by atoms with van der Waals surface area (Å²) in [6.45, 7) is 0. The van der Waals surface area contributed by atoms with Gasteiger partial charge in [-0.25, -0.2) is 0 Å². The van der Waals surface area contributed by atoms with Gasteiger partial charge in [-0.3, -0.25) is 0 Å². The molecule has 5 atom stereocenters. The summed E-state index contributed by atoms with van der Waals surface area (Å²) in [5, 5.41) is 0. The standard InChI is InChI=1S/C11H17I/c12-6-8-4-7-5-11(8)10-3-1-2-9(7)10/h7-11H,1-6H2. The van der Waals surface area contributed by atoms with Crippen LogP contribution in [0, 0.1) is 29.6 Å². The lowest BCUT2D eigenvalue weighted by atomic mass is 9.76. The quantitative estimate of drug-likeness (QED) is 0.508. The van der Waals surface area contributed by atoms with E-state index in [0.717, 1.165) is 5.92 Å². The van der Waals surface area contributed by atoms with Crippen LogP contribution in [0.3, 0.4) is 0 Å². The molecule has 1 heteroatoms. The van der Waals surface area contributed by atoms with Crippen LogP contribution in [0.5, 0.6) is 0 Å². The molecule has 0 amide bonds. The zero-order valence-electron chi connectivity index (χ0n) is 7.51. The summed E-state index contributed by atoms with van der Waals surface area (Å²) in [7, 11) is 0. The van der Waals surface area contributed by atoms with E-state index in [2.05, 4.69) is 22.6 Å². The van der Waals surface area contributed by atoms with Gasteiger partial charge in [0.25, 0.3) is 0 Å². The van der Waals surface area contributed by atoms with Gasteiger partial charge in [-0.1, -0.05) is 29.0 Å². The summed E-state index contributed by atoms with van der Waals surface area (Å²) in [6, 6.07) is 0. The molecule has 3 aliphatic carbocycles. The van der Waals surface area contributed by atoms with Crippen LogP contribution in [0.1, 0.15) is 32.1 Å². The fourth-order valence-electron chi connectivity index (χ4n) is 4.39. The van der Waals surface area contributed by atoms with Gasteiger partial charge in [0, 0.05) is 4.43 Å². The van der Waals surface area contributed by atoms with Crippen LogP contribution in [0.4, 0.5) is 0 Å². The van der Waals surface area contributed by atoms with Gasteiger partial charge < -0.3 is 0 Å². The maximum atomic E-state index is 2.60. The van der Waals surface area contributed by atoms with Crippen molar-refractivity contribution in [3.05, 3.63) is 0 Å². The topological polar surface area (TPSA) is 0 Å². The molecule has 0 spiro atoms. The van der Waals surface area contributed by atoms with Gasteiger partial charge in [-0.15, -0.1) is 0 Å². The second-order valence-corrected chi connectivity index (χ2v) is 5.95. The van der Waals surface area contributed by atoms with E-state index in [0.29, 0.717) is 0 Å². The Morgan fingerprint density at radius 2 is 1.83 bits per heavy atom. The summed E-state index contributed by atoms with van der Waals surface area (Å²) < 4.78 is 1.43. The van der Waals surface area contributed by atoms with Crippen LogP contribution in [0.25, 0.3) is 0 Å². The Bertz CT molecular complexity index is 187. The normalized spacial score (nSPS) is 56.2. The first-order valence-corrected chi connectivity index (χ1v) is 6.98. The molecular formula is C11H17I. The van der Waals surface area contributed by atoms with Gasteiger partial charge in [0.1, 0.15) is 0 Å². The van der Waals surface area contributed by atoms with E-state index < -0.39 is 0 Å². The predicted octanol–water partition coefficient (Wildman–Crippen LogP) is 3.49. The smallest absolute Gasteiger partial charge is 0.00265 e. The monoisotopic (exact) mass is 276 g/mol. The predicted molar refractivity (Wildman–Crippen MR) is 59.4 cm³/mol. The Hall–Kier alpha value is 0.730. The third-order valence-corrected chi connectivity index (χ3v) is 5.90. The third kappa shape index (κ3) is 0.948. The summed E-state index contributed by atoms with van der Waals surface area (Å²) in [5.74, 6) is 5.83. The van der Waals surface area contributed by atoms with Gasteiger partial charge in [0.2, 0.25) is 0 Å². The maximum Gasteiger partial charge on any atom is 0.00265 e.